The van der Waals surface area contributed by atoms with Crippen LogP contribution < -0.4 is 5.32 Å². The van der Waals surface area contributed by atoms with Crippen LogP contribution in [0.25, 0.3) is 0 Å². The lowest BCUT2D eigenvalue weighted by atomic mass is 10.1. The molecule has 1 saturated carbocycles. The molecule has 16 heavy (non-hydrogen) atoms. The Labute approximate surface area is 102 Å². The van der Waals surface area contributed by atoms with E-state index >= 15 is 0 Å². The average Bonchev–Trinajstić information content (AvgIpc) is 2.79. The number of rotatable bonds is 4. The molecule has 0 spiro atoms. The van der Waals surface area contributed by atoms with Gasteiger partial charge in [0.25, 0.3) is 0 Å². The molecule has 0 aliphatic heterocycles. The highest BCUT2D eigenvalue weighted by molar-refractivity contribution is 6.31. The fourth-order valence-electron chi connectivity index (χ4n) is 2.26. The second kappa shape index (κ2) is 5.67. The van der Waals surface area contributed by atoms with E-state index in [1.807, 2.05) is 24.3 Å². The summed E-state index contributed by atoms with van der Waals surface area (Å²) in [5, 5.41) is 14.1. The van der Waals surface area contributed by atoms with Gasteiger partial charge in [-0.25, -0.2) is 0 Å². The average molecular weight is 240 g/mol. The van der Waals surface area contributed by atoms with E-state index in [9.17, 15) is 5.11 Å². The molecule has 1 aromatic carbocycles. The summed E-state index contributed by atoms with van der Waals surface area (Å²) in [6, 6.07) is 8.05. The zero-order chi connectivity index (χ0) is 11.4. The first-order valence-corrected chi connectivity index (χ1v) is 6.31. The first-order chi connectivity index (χ1) is 7.77. The molecule has 0 heterocycles. The van der Waals surface area contributed by atoms with E-state index in [0.29, 0.717) is 17.6 Å². The monoisotopic (exact) mass is 239 g/mol. The van der Waals surface area contributed by atoms with Crippen molar-refractivity contribution in [1.29, 1.82) is 0 Å². The van der Waals surface area contributed by atoms with Crippen LogP contribution in [0.1, 0.15) is 37.4 Å². The van der Waals surface area contributed by atoms with Gasteiger partial charge in [-0.05, 0) is 18.9 Å². The van der Waals surface area contributed by atoms with E-state index in [1.54, 1.807) is 0 Å². The predicted molar refractivity (Wildman–Crippen MR) is 66.7 cm³/mol. The van der Waals surface area contributed by atoms with Crippen molar-refractivity contribution in [3.63, 3.8) is 0 Å². The van der Waals surface area contributed by atoms with Crippen LogP contribution in [0.5, 0.6) is 0 Å². The Morgan fingerprint density at radius 2 is 2.00 bits per heavy atom. The first kappa shape index (κ1) is 11.9. The fourth-order valence-corrected chi connectivity index (χ4v) is 2.53. The summed E-state index contributed by atoms with van der Waals surface area (Å²) in [5.74, 6) is 0. The van der Waals surface area contributed by atoms with Crippen LogP contribution in [0, 0.1) is 0 Å². The van der Waals surface area contributed by atoms with Gasteiger partial charge in [-0.1, -0.05) is 42.6 Å². The van der Waals surface area contributed by atoms with Crippen molar-refractivity contribution in [1.82, 2.24) is 5.32 Å². The molecule has 0 amide bonds. The zero-order valence-corrected chi connectivity index (χ0v) is 10.1. The van der Waals surface area contributed by atoms with Gasteiger partial charge in [0.1, 0.15) is 0 Å². The molecule has 1 aliphatic carbocycles. The van der Waals surface area contributed by atoms with Crippen molar-refractivity contribution in [2.75, 3.05) is 6.54 Å². The van der Waals surface area contributed by atoms with Gasteiger partial charge in [0.2, 0.25) is 0 Å². The summed E-state index contributed by atoms with van der Waals surface area (Å²) in [6.45, 7) is 0.592. The second-order valence-electron chi connectivity index (χ2n) is 4.43. The van der Waals surface area contributed by atoms with E-state index < -0.39 is 6.10 Å². The lowest BCUT2D eigenvalue weighted by molar-refractivity contribution is 0.170. The molecule has 2 nitrogen and oxygen atoms in total. The van der Waals surface area contributed by atoms with Crippen LogP contribution in [0.3, 0.4) is 0 Å². The summed E-state index contributed by atoms with van der Waals surface area (Å²) in [6.07, 6.45) is 4.57. The van der Waals surface area contributed by atoms with E-state index in [-0.39, 0.29) is 0 Å². The Morgan fingerprint density at radius 3 is 2.69 bits per heavy atom. The van der Waals surface area contributed by atoms with Crippen molar-refractivity contribution in [3.05, 3.63) is 34.9 Å². The molecule has 1 atom stereocenters. The number of aliphatic hydroxyl groups is 1. The number of hydrogen-bond donors (Lipinski definition) is 2. The summed E-state index contributed by atoms with van der Waals surface area (Å²) in [7, 11) is 0. The molecular formula is C13H18ClNO. The lowest BCUT2D eigenvalue weighted by Gasteiger charge is -2.17. The van der Waals surface area contributed by atoms with Crippen LogP contribution >= 0.6 is 11.6 Å². The molecule has 1 aromatic rings. The highest BCUT2D eigenvalue weighted by atomic mass is 35.5. The zero-order valence-electron chi connectivity index (χ0n) is 9.32. The van der Waals surface area contributed by atoms with E-state index in [1.165, 1.54) is 25.7 Å². The highest BCUT2D eigenvalue weighted by Crippen LogP contribution is 2.23. The molecule has 1 aliphatic rings. The van der Waals surface area contributed by atoms with E-state index in [2.05, 4.69) is 5.32 Å². The SMILES string of the molecule is OC(CNC1CCCC1)c1ccccc1Cl. The van der Waals surface area contributed by atoms with Gasteiger partial charge in [0.05, 0.1) is 6.10 Å². The number of nitrogens with one attached hydrogen (secondary N) is 1. The summed E-state index contributed by atoms with van der Waals surface area (Å²) in [4.78, 5) is 0. The molecule has 0 aromatic heterocycles. The lowest BCUT2D eigenvalue weighted by Crippen LogP contribution is -2.30. The number of aliphatic hydroxyl groups excluding tert-OH is 1. The molecule has 3 heteroatoms. The Balaban J connectivity index is 1.87. The quantitative estimate of drug-likeness (QED) is 0.847. The van der Waals surface area contributed by atoms with Crippen molar-refractivity contribution >= 4 is 11.6 Å². The second-order valence-corrected chi connectivity index (χ2v) is 4.83. The molecule has 1 unspecified atom stereocenters. The summed E-state index contributed by atoms with van der Waals surface area (Å²) >= 11 is 6.03. The van der Waals surface area contributed by atoms with Crippen molar-refractivity contribution in [2.45, 2.75) is 37.8 Å². The Kier molecular flexibility index (Phi) is 4.22. The third-order valence-electron chi connectivity index (χ3n) is 3.22. The maximum absolute atomic E-state index is 10.0. The molecule has 0 saturated heterocycles. The normalized spacial score (nSPS) is 18.9. The molecule has 2 N–H and O–H groups in total. The fraction of sp³-hybridized carbons (Fsp3) is 0.538. The number of halogens is 1. The summed E-state index contributed by atoms with van der Waals surface area (Å²) < 4.78 is 0. The van der Waals surface area contributed by atoms with Crippen LogP contribution in [0.2, 0.25) is 5.02 Å². The molecule has 2 rings (SSSR count). The van der Waals surface area contributed by atoms with E-state index in [4.69, 9.17) is 11.6 Å². The van der Waals surface area contributed by atoms with E-state index in [0.717, 1.165) is 5.56 Å². The van der Waals surface area contributed by atoms with Gasteiger partial charge in [-0.15, -0.1) is 0 Å². The third-order valence-corrected chi connectivity index (χ3v) is 3.56. The smallest absolute Gasteiger partial charge is 0.0928 e. The van der Waals surface area contributed by atoms with Crippen LogP contribution in [0.4, 0.5) is 0 Å². The Hall–Kier alpha value is -0.570. The maximum Gasteiger partial charge on any atom is 0.0928 e. The summed E-state index contributed by atoms with van der Waals surface area (Å²) in [5.41, 5.74) is 0.815. The molecular weight excluding hydrogens is 222 g/mol. The van der Waals surface area contributed by atoms with Gasteiger partial charge in [-0.2, -0.15) is 0 Å². The van der Waals surface area contributed by atoms with Gasteiger partial charge in [0.15, 0.2) is 0 Å². The third kappa shape index (κ3) is 2.97. The van der Waals surface area contributed by atoms with Crippen LogP contribution in [-0.2, 0) is 0 Å². The van der Waals surface area contributed by atoms with Gasteiger partial charge >= 0.3 is 0 Å². The standard InChI is InChI=1S/C13H18ClNO/c14-12-8-4-3-7-11(12)13(16)9-15-10-5-1-2-6-10/h3-4,7-8,10,13,15-16H,1-2,5-6,9H2. The Bertz CT molecular complexity index is 336. The highest BCUT2D eigenvalue weighted by Gasteiger charge is 2.17. The largest absolute Gasteiger partial charge is 0.387 e. The topological polar surface area (TPSA) is 32.3 Å². The van der Waals surface area contributed by atoms with Gasteiger partial charge in [-0.3, -0.25) is 0 Å². The number of hydrogen-bond acceptors (Lipinski definition) is 2. The van der Waals surface area contributed by atoms with Crippen molar-refractivity contribution in [2.24, 2.45) is 0 Å². The van der Waals surface area contributed by atoms with Crippen molar-refractivity contribution < 1.29 is 5.11 Å². The van der Waals surface area contributed by atoms with Crippen molar-refractivity contribution in [3.8, 4) is 0 Å². The predicted octanol–water partition coefficient (Wildman–Crippen LogP) is 2.91. The number of benzene rings is 1. The minimum atomic E-state index is -0.505. The maximum atomic E-state index is 10.0. The minimum Gasteiger partial charge on any atom is -0.387 e. The van der Waals surface area contributed by atoms with Gasteiger partial charge < -0.3 is 10.4 Å². The van der Waals surface area contributed by atoms with Gasteiger partial charge in [0, 0.05) is 23.2 Å². The molecule has 0 radical (unpaired) electrons. The molecule has 0 bridgehead atoms. The van der Waals surface area contributed by atoms with Crippen LogP contribution in [-0.4, -0.2) is 17.7 Å². The molecule has 1 fully saturated rings. The van der Waals surface area contributed by atoms with Crippen LogP contribution in [0.15, 0.2) is 24.3 Å². The first-order valence-electron chi connectivity index (χ1n) is 5.93. The minimum absolute atomic E-state index is 0.505. The Morgan fingerprint density at radius 1 is 1.31 bits per heavy atom. The molecule has 88 valence electrons.